The summed E-state index contributed by atoms with van der Waals surface area (Å²) in [6.45, 7) is 0. The summed E-state index contributed by atoms with van der Waals surface area (Å²) in [7, 11) is 0. The molecule has 0 aromatic heterocycles. The molecule has 1 aliphatic carbocycles. The van der Waals surface area contributed by atoms with Crippen LogP contribution in [0, 0.1) is 0 Å². The highest BCUT2D eigenvalue weighted by Crippen LogP contribution is 2.33. The lowest BCUT2D eigenvalue weighted by Gasteiger charge is -2.21. The Bertz CT molecular complexity index is 466. The molecule has 2 N–H and O–H groups in total. The summed E-state index contributed by atoms with van der Waals surface area (Å²) in [5.74, 6) is 0. The van der Waals surface area contributed by atoms with Crippen molar-refractivity contribution in [1.82, 2.24) is 0 Å². The van der Waals surface area contributed by atoms with Gasteiger partial charge in [-0.05, 0) is 6.07 Å². The molecular formula is C12H10Cl2O2. The standard InChI is InChI=1S/C12H10Cl2O2/c13-9-4-2-1-3-7(9)8-5-6-10(15)12(16)11(8)14/h1-6,10,12,15-16H. The molecule has 2 atom stereocenters. The lowest BCUT2D eigenvalue weighted by atomic mass is 9.96. The van der Waals surface area contributed by atoms with Gasteiger partial charge in [-0.15, -0.1) is 0 Å². The van der Waals surface area contributed by atoms with Gasteiger partial charge in [-0.25, -0.2) is 0 Å². The Kier molecular flexibility index (Phi) is 3.36. The third-order valence-corrected chi connectivity index (χ3v) is 3.22. The molecule has 0 amide bonds. The van der Waals surface area contributed by atoms with Crippen molar-refractivity contribution in [2.24, 2.45) is 0 Å². The molecule has 2 nitrogen and oxygen atoms in total. The summed E-state index contributed by atoms with van der Waals surface area (Å²) >= 11 is 12.0. The van der Waals surface area contributed by atoms with E-state index in [-0.39, 0.29) is 5.03 Å². The normalized spacial score (nSPS) is 25.0. The van der Waals surface area contributed by atoms with Crippen LogP contribution in [0.3, 0.4) is 0 Å². The molecular weight excluding hydrogens is 247 g/mol. The zero-order chi connectivity index (χ0) is 11.7. The highest BCUT2D eigenvalue weighted by Gasteiger charge is 2.24. The van der Waals surface area contributed by atoms with E-state index < -0.39 is 12.2 Å². The summed E-state index contributed by atoms with van der Waals surface area (Å²) in [6.07, 6.45) is 1.12. The molecule has 0 saturated heterocycles. The van der Waals surface area contributed by atoms with Crippen molar-refractivity contribution < 1.29 is 10.2 Å². The van der Waals surface area contributed by atoms with Gasteiger partial charge in [0.2, 0.25) is 0 Å². The van der Waals surface area contributed by atoms with Crippen LogP contribution in [0.1, 0.15) is 5.56 Å². The smallest absolute Gasteiger partial charge is 0.120 e. The van der Waals surface area contributed by atoms with E-state index in [0.29, 0.717) is 10.6 Å². The summed E-state index contributed by atoms with van der Waals surface area (Å²) in [6, 6.07) is 7.22. The van der Waals surface area contributed by atoms with Gasteiger partial charge in [-0.1, -0.05) is 53.6 Å². The first kappa shape index (κ1) is 11.7. The number of hydrogen-bond donors (Lipinski definition) is 2. The quantitative estimate of drug-likeness (QED) is 0.811. The second kappa shape index (κ2) is 4.60. The number of benzene rings is 1. The zero-order valence-corrected chi connectivity index (χ0v) is 9.78. The third kappa shape index (κ3) is 2.02. The van der Waals surface area contributed by atoms with E-state index in [9.17, 15) is 10.2 Å². The molecule has 1 aromatic carbocycles. The Morgan fingerprint density at radius 3 is 2.44 bits per heavy atom. The molecule has 0 aliphatic heterocycles. The van der Waals surface area contributed by atoms with Crippen LogP contribution in [0.15, 0.2) is 41.4 Å². The first-order valence-electron chi connectivity index (χ1n) is 4.80. The minimum absolute atomic E-state index is 0.211. The maximum Gasteiger partial charge on any atom is 0.120 e. The van der Waals surface area contributed by atoms with Crippen molar-refractivity contribution in [3.05, 3.63) is 52.0 Å². The monoisotopic (exact) mass is 256 g/mol. The lowest BCUT2D eigenvalue weighted by Crippen LogP contribution is -2.27. The average molecular weight is 257 g/mol. The van der Waals surface area contributed by atoms with E-state index in [0.717, 1.165) is 5.56 Å². The van der Waals surface area contributed by atoms with Crippen molar-refractivity contribution in [1.29, 1.82) is 0 Å². The van der Waals surface area contributed by atoms with Crippen molar-refractivity contribution in [2.75, 3.05) is 0 Å². The van der Waals surface area contributed by atoms with Crippen molar-refractivity contribution in [3.8, 4) is 0 Å². The summed E-state index contributed by atoms with van der Waals surface area (Å²) in [5.41, 5.74) is 1.39. The van der Waals surface area contributed by atoms with Gasteiger partial charge in [0.15, 0.2) is 0 Å². The van der Waals surface area contributed by atoms with Crippen LogP contribution in [0.25, 0.3) is 5.57 Å². The molecule has 0 radical (unpaired) electrons. The van der Waals surface area contributed by atoms with Crippen LogP contribution in [-0.4, -0.2) is 22.4 Å². The van der Waals surface area contributed by atoms with Crippen LogP contribution >= 0.6 is 23.2 Å². The molecule has 16 heavy (non-hydrogen) atoms. The van der Waals surface area contributed by atoms with Gasteiger partial charge in [0.25, 0.3) is 0 Å². The van der Waals surface area contributed by atoms with Gasteiger partial charge >= 0.3 is 0 Å². The van der Waals surface area contributed by atoms with Gasteiger partial charge in [0, 0.05) is 16.2 Å². The minimum Gasteiger partial charge on any atom is -0.386 e. The maximum atomic E-state index is 9.63. The highest BCUT2D eigenvalue weighted by molar-refractivity contribution is 6.36. The molecule has 1 aromatic rings. The van der Waals surface area contributed by atoms with Crippen LogP contribution in [0.2, 0.25) is 5.02 Å². The Balaban J connectivity index is 2.50. The summed E-state index contributed by atoms with van der Waals surface area (Å²) in [5, 5.41) is 19.8. The lowest BCUT2D eigenvalue weighted by molar-refractivity contribution is 0.0770. The van der Waals surface area contributed by atoms with Gasteiger partial charge in [-0.3, -0.25) is 0 Å². The highest BCUT2D eigenvalue weighted by atomic mass is 35.5. The van der Waals surface area contributed by atoms with Crippen LogP contribution in [0.5, 0.6) is 0 Å². The molecule has 1 aliphatic rings. The van der Waals surface area contributed by atoms with Gasteiger partial charge in [0.1, 0.15) is 12.2 Å². The SMILES string of the molecule is OC1C=CC(c2ccccc2Cl)=C(Cl)C1O. The molecule has 0 heterocycles. The number of halogens is 2. The predicted molar refractivity (Wildman–Crippen MR) is 65.4 cm³/mol. The first-order valence-corrected chi connectivity index (χ1v) is 5.55. The molecule has 0 bridgehead atoms. The fraction of sp³-hybridized carbons (Fsp3) is 0.167. The van der Waals surface area contributed by atoms with Gasteiger partial charge in [-0.2, -0.15) is 0 Å². The molecule has 0 fully saturated rings. The zero-order valence-electron chi connectivity index (χ0n) is 8.27. The van der Waals surface area contributed by atoms with Crippen molar-refractivity contribution >= 4 is 28.8 Å². The number of aliphatic hydroxyl groups excluding tert-OH is 2. The molecule has 84 valence electrons. The number of rotatable bonds is 1. The molecule has 2 unspecified atom stereocenters. The Morgan fingerprint density at radius 1 is 1.06 bits per heavy atom. The molecule has 0 saturated carbocycles. The summed E-state index contributed by atoms with van der Waals surface area (Å²) in [4.78, 5) is 0. The van der Waals surface area contributed by atoms with Gasteiger partial charge in [0.05, 0.1) is 5.03 Å². The van der Waals surface area contributed by atoms with Crippen LogP contribution in [0.4, 0.5) is 0 Å². The molecule has 2 rings (SSSR count). The fourth-order valence-electron chi connectivity index (χ4n) is 1.59. The average Bonchev–Trinajstić information content (AvgIpc) is 2.28. The predicted octanol–water partition coefficient (Wildman–Crippen LogP) is 2.58. The molecule has 4 heteroatoms. The number of hydrogen-bond acceptors (Lipinski definition) is 2. The largest absolute Gasteiger partial charge is 0.386 e. The second-order valence-corrected chi connectivity index (χ2v) is 4.35. The van der Waals surface area contributed by atoms with Crippen molar-refractivity contribution in [3.63, 3.8) is 0 Å². The van der Waals surface area contributed by atoms with E-state index in [1.165, 1.54) is 6.08 Å². The Morgan fingerprint density at radius 2 is 1.75 bits per heavy atom. The first-order chi connectivity index (χ1) is 7.61. The fourth-order valence-corrected chi connectivity index (χ4v) is 2.12. The van der Waals surface area contributed by atoms with E-state index in [1.54, 1.807) is 12.1 Å². The van der Waals surface area contributed by atoms with E-state index in [2.05, 4.69) is 0 Å². The van der Waals surface area contributed by atoms with Crippen LogP contribution < -0.4 is 0 Å². The van der Waals surface area contributed by atoms with Crippen molar-refractivity contribution in [2.45, 2.75) is 12.2 Å². The summed E-state index contributed by atoms with van der Waals surface area (Å²) < 4.78 is 0. The minimum atomic E-state index is -1.09. The third-order valence-electron chi connectivity index (χ3n) is 2.46. The topological polar surface area (TPSA) is 40.5 Å². The van der Waals surface area contributed by atoms with Crippen LogP contribution in [-0.2, 0) is 0 Å². The van der Waals surface area contributed by atoms with E-state index in [4.69, 9.17) is 23.2 Å². The maximum absolute atomic E-state index is 9.63. The second-order valence-electron chi connectivity index (χ2n) is 3.54. The van der Waals surface area contributed by atoms with Gasteiger partial charge < -0.3 is 10.2 Å². The van der Waals surface area contributed by atoms with E-state index in [1.807, 2.05) is 18.2 Å². The number of aliphatic hydroxyl groups is 2. The Labute approximate surface area is 103 Å². The molecule has 0 spiro atoms. The Hall–Kier alpha value is -0.800. The number of allylic oxidation sites excluding steroid dienone is 2. The van der Waals surface area contributed by atoms with E-state index >= 15 is 0 Å².